The van der Waals surface area contributed by atoms with Crippen molar-refractivity contribution in [3.63, 3.8) is 0 Å². The van der Waals surface area contributed by atoms with Crippen molar-refractivity contribution in [2.75, 3.05) is 7.11 Å². The molecule has 120 valence electrons. The minimum absolute atomic E-state index is 0.133. The van der Waals surface area contributed by atoms with Crippen LogP contribution in [0.15, 0.2) is 41.8 Å². The molecule has 0 saturated carbocycles. The predicted octanol–water partition coefficient (Wildman–Crippen LogP) is 3.09. The maximum atomic E-state index is 12.5. The second-order valence-electron chi connectivity index (χ2n) is 4.68. The number of ketones is 1. The third-order valence-corrected chi connectivity index (χ3v) is 4.09. The van der Waals surface area contributed by atoms with Crippen molar-refractivity contribution in [2.45, 2.75) is 19.4 Å². The molecule has 0 radical (unpaired) electrons. The van der Waals surface area contributed by atoms with E-state index < -0.39 is 18.0 Å². The zero-order valence-electron chi connectivity index (χ0n) is 12.8. The summed E-state index contributed by atoms with van der Waals surface area (Å²) in [5.41, 5.74) is 0.382. The lowest BCUT2D eigenvalue weighted by Crippen LogP contribution is -2.28. The number of hydrogen-bond acceptors (Lipinski definition) is 6. The molecule has 0 amide bonds. The maximum Gasteiger partial charge on any atom is 0.347 e. The van der Waals surface area contributed by atoms with Gasteiger partial charge in [-0.25, -0.2) is 9.59 Å². The highest BCUT2D eigenvalue weighted by molar-refractivity contribution is 7.12. The Morgan fingerprint density at radius 1 is 1.09 bits per heavy atom. The molecular formula is C17H16O5S. The monoisotopic (exact) mass is 332 g/mol. The smallest absolute Gasteiger partial charge is 0.347 e. The van der Waals surface area contributed by atoms with E-state index in [0.717, 1.165) is 0 Å². The number of benzene rings is 1. The van der Waals surface area contributed by atoms with Crippen LogP contribution in [-0.4, -0.2) is 30.9 Å². The summed E-state index contributed by atoms with van der Waals surface area (Å²) in [5, 5.41) is 1.79. The molecule has 2 aromatic rings. The van der Waals surface area contributed by atoms with Crippen LogP contribution in [0.2, 0.25) is 0 Å². The topological polar surface area (TPSA) is 69.7 Å². The summed E-state index contributed by atoms with van der Waals surface area (Å²) < 4.78 is 9.78. The third kappa shape index (κ3) is 3.84. The van der Waals surface area contributed by atoms with Crippen LogP contribution in [0.4, 0.5) is 0 Å². The molecule has 0 fully saturated rings. The first-order valence-electron chi connectivity index (χ1n) is 7.04. The Hall–Kier alpha value is -2.47. The zero-order valence-corrected chi connectivity index (χ0v) is 13.6. The van der Waals surface area contributed by atoms with Crippen molar-refractivity contribution in [1.82, 2.24) is 0 Å². The Morgan fingerprint density at radius 3 is 2.35 bits per heavy atom. The van der Waals surface area contributed by atoms with Gasteiger partial charge in [-0.3, -0.25) is 4.79 Å². The molecule has 1 atom stereocenters. The third-order valence-electron chi connectivity index (χ3n) is 3.22. The van der Waals surface area contributed by atoms with E-state index in [0.29, 0.717) is 11.3 Å². The first-order chi connectivity index (χ1) is 11.1. The molecule has 23 heavy (non-hydrogen) atoms. The molecule has 0 aliphatic carbocycles. The fraction of sp³-hybridized carbons (Fsp3) is 0.235. The fourth-order valence-corrected chi connectivity index (χ4v) is 2.70. The Morgan fingerprint density at radius 2 is 1.78 bits per heavy atom. The van der Waals surface area contributed by atoms with E-state index in [9.17, 15) is 14.4 Å². The number of methoxy groups -OCH3 is 1. The number of hydrogen-bond donors (Lipinski definition) is 0. The Kier molecular flexibility index (Phi) is 5.65. The number of ether oxygens (including phenoxy) is 2. The van der Waals surface area contributed by atoms with Gasteiger partial charge >= 0.3 is 11.9 Å². The van der Waals surface area contributed by atoms with Gasteiger partial charge in [0.05, 0.1) is 17.6 Å². The molecule has 5 nitrogen and oxygen atoms in total. The minimum Gasteiger partial charge on any atom is -0.466 e. The van der Waals surface area contributed by atoms with Gasteiger partial charge in [-0.1, -0.05) is 31.2 Å². The molecule has 0 N–H and O–H groups in total. The van der Waals surface area contributed by atoms with Crippen molar-refractivity contribution in [1.29, 1.82) is 0 Å². The number of carbonyl (C=O) groups excluding carboxylic acids is 3. The lowest BCUT2D eigenvalue weighted by atomic mass is 10.0. The molecule has 0 bridgehead atoms. The van der Waals surface area contributed by atoms with Crippen molar-refractivity contribution in [3.05, 3.63) is 57.8 Å². The summed E-state index contributed by atoms with van der Waals surface area (Å²) in [5.74, 6) is -1.59. The minimum atomic E-state index is -0.989. The number of thiophene rings is 1. The van der Waals surface area contributed by atoms with E-state index in [4.69, 9.17) is 4.74 Å². The van der Waals surface area contributed by atoms with Crippen LogP contribution in [0.1, 0.15) is 38.9 Å². The lowest BCUT2D eigenvalue weighted by molar-refractivity contribution is -0.151. The van der Waals surface area contributed by atoms with E-state index in [1.807, 2.05) is 0 Å². The van der Waals surface area contributed by atoms with Crippen LogP contribution >= 0.6 is 11.3 Å². The van der Waals surface area contributed by atoms with Crippen LogP contribution in [0, 0.1) is 0 Å². The summed E-state index contributed by atoms with van der Waals surface area (Å²) in [6.07, 6.45) is -0.697. The first kappa shape index (κ1) is 16.9. The SMILES string of the molecule is CCC(OC(=O)c1ccccc1C(=O)c1cccs1)C(=O)OC. The van der Waals surface area contributed by atoms with Gasteiger partial charge in [0.15, 0.2) is 6.10 Å². The molecule has 1 unspecified atom stereocenters. The normalized spacial score (nSPS) is 11.6. The molecule has 0 aliphatic rings. The maximum absolute atomic E-state index is 12.5. The highest BCUT2D eigenvalue weighted by Gasteiger charge is 2.25. The Bertz CT molecular complexity index is 706. The number of esters is 2. The van der Waals surface area contributed by atoms with Gasteiger partial charge in [-0.15, -0.1) is 11.3 Å². The van der Waals surface area contributed by atoms with Crippen molar-refractivity contribution < 1.29 is 23.9 Å². The van der Waals surface area contributed by atoms with E-state index in [-0.39, 0.29) is 16.9 Å². The summed E-state index contributed by atoms with van der Waals surface area (Å²) in [6, 6.07) is 9.85. The summed E-state index contributed by atoms with van der Waals surface area (Å²) >= 11 is 1.30. The quantitative estimate of drug-likeness (QED) is 0.600. The predicted molar refractivity (Wildman–Crippen MR) is 85.7 cm³/mol. The molecule has 1 heterocycles. The van der Waals surface area contributed by atoms with E-state index in [1.165, 1.54) is 24.5 Å². The van der Waals surface area contributed by atoms with Crippen LogP contribution in [0.3, 0.4) is 0 Å². The van der Waals surface area contributed by atoms with Gasteiger partial charge < -0.3 is 9.47 Å². The van der Waals surface area contributed by atoms with Crippen molar-refractivity contribution in [3.8, 4) is 0 Å². The number of rotatable bonds is 6. The van der Waals surface area contributed by atoms with Gasteiger partial charge in [0.2, 0.25) is 5.78 Å². The van der Waals surface area contributed by atoms with E-state index in [2.05, 4.69) is 4.74 Å². The Balaban J connectivity index is 2.28. The lowest BCUT2D eigenvalue weighted by Gasteiger charge is -2.15. The fourth-order valence-electron chi connectivity index (χ4n) is 2.02. The van der Waals surface area contributed by atoms with Gasteiger partial charge in [0, 0.05) is 5.56 Å². The number of carbonyl (C=O) groups is 3. The van der Waals surface area contributed by atoms with E-state index in [1.54, 1.807) is 42.6 Å². The standard InChI is InChI=1S/C17H16O5S/c1-3-13(17(20)21-2)22-16(19)12-8-5-4-7-11(12)15(18)14-9-6-10-23-14/h4-10,13H,3H2,1-2H3. The molecule has 6 heteroatoms. The van der Waals surface area contributed by atoms with Crippen LogP contribution in [0.5, 0.6) is 0 Å². The molecule has 0 aliphatic heterocycles. The first-order valence-corrected chi connectivity index (χ1v) is 7.92. The molecular weight excluding hydrogens is 316 g/mol. The van der Waals surface area contributed by atoms with Crippen molar-refractivity contribution in [2.24, 2.45) is 0 Å². The van der Waals surface area contributed by atoms with Crippen LogP contribution in [0.25, 0.3) is 0 Å². The summed E-state index contributed by atoms with van der Waals surface area (Å²) in [4.78, 5) is 36.9. The van der Waals surface area contributed by atoms with Crippen molar-refractivity contribution >= 4 is 29.1 Å². The van der Waals surface area contributed by atoms with E-state index >= 15 is 0 Å². The molecule has 1 aromatic carbocycles. The largest absolute Gasteiger partial charge is 0.466 e. The second kappa shape index (κ2) is 7.69. The highest BCUT2D eigenvalue weighted by atomic mass is 32.1. The zero-order chi connectivity index (χ0) is 16.8. The highest BCUT2D eigenvalue weighted by Crippen LogP contribution is 2.19. The van der Waals surface area contributed by atoms with Gasteiger partial charge in [-0.05, 0) is 23.9 Å². The van der Waals surface area contributed by atoms with Gasteiger partial charge in [0.25, 0.3) is 0 Å². The second-order valence-corrected chi connectivity index (χ2v) is 5.63. The summed E-state index contributed by atoms with van der Waals surface area (Å²) in [6.45, 7) is 1.71. The average Bonchev–Trinajstić information content (AvgIpc) is 3.12. The summed E-state index contributed by atoms with van der Waals surface area (Å²) in [7, 11) is 1.23. The van der Waals surface area contributed by atoms with Gasteiger partial charge in [-0.2, -0.15) is 0 Å². The molecule has 1 aromatic heterocycles. The van der Waals surface area contributed by atoms with Crippen LogP contribution in [-0.2, 0) is 14.3 Å². The van der Waals surface area contributed by atoms with Gasteiger partial charge in [0.1, 0.15) is 0 Å². The average molecular weight is 332 g/mol. The van der Waals surface area contributed by atoms with Crippen LogP contribution < -0.4 is 0 Å². The molecule has 0 spiro atoms. The molecule has 0 saturated heterocycles. The molecule has 2 rings (SSSR count). The Labute approximate surface area is 137 Å².